The summed E-state index contributed by atoms with van der Waals surface area (Å²) >= 11 is 0. The number of imidazole rings is 1. The monoisotopic (exact) mass is 337 g/mol. The molecule has 1 atom stereocenters. The fourth-order valence-corrected chi connectivity index (χ4v) is 3.86. The lowest BCUT2D eigenvalue weighted by atomic mass is 10.0. The predicted molar refractivity (Wildman–Crippen MR) is 96.6 cm³/mol. The minimum atomic E-state index is 0.0841. The third-order valence-corrected chi connectivity index (χ3v) is 5.07. The van der Waals surface area contributed by atoms with Crippen molar-refractivity contribution < 1.29 is 4.79 Å². The Morgan fingerprint density at radius 2 is 2.28 bits per heavy atom. The van der Waals surface area contributed by atoms with Crippen LogP contribution in [0.4, 0.5) is 0 Å². The number of H-pyrrole nitrogens is 1. The van der Waals surface area contributed by atoms with E-state index in [1.54, 1.807) is 6.20 Å². The van der Waals surface area contributed by atoms with Gasteiger partial charge in [0.05, 0.1) is 23.3 Å². The average Bonchev–Trinajstić information content (AvgIpc) is 3.29. The highest BCUT2D eigenvalue weighted by atomic mass is 16.2. The van der Waals surface area contributed by atoms with Crippen molar-refractivity contribution in [2.45, 2.75) is 39.2 Å². The number of amides is 1. The number of fused-ring (bicyclic) bond motifs is 1. The van der Waals surface area contributed by atoms with Gasteiger partial charge in [0, 0.05) is 37.3 Å². The quantitative estimate of drug-likeness (QED) is 0.798. The SMILES string of the molecule is CCc1nccn1[C@H]1CCCN(C(=O)c2cc(C)cc3cn[nH]c23)C1. The van der Waals surface area contributed by atoms with Crippen LogP contribution in [0.15, 0.2) is 30.7 Å². The molecule has 3 heterocycles. The number of nitrogens with zero attached hydrogens (tertiary/aromatic N) is 4. The number of carbonyl (C=O) groups excluding carboxylic acids is 1. The Labute approximate surface area is 146 Å². The molecular weight excluding hydrogens is 314 g/mol. The van der Waals surface area contributed by atoms with Crippen molar-refractivity contribution in [3.63, 3.8) is 0 Å². The number of hydrogen-bond donors (Lipinski definition) is 1. The number of aryl methyl sites for hydroxylation is 2. The van der Waals surface area contributed by atoms with Gasteiger partial charge in [0.1, 0.15) is 5.82 Å². The van der Waals surface area contributed by atoms with Crippen LogP contribution >= 0.6 is 0 Å². The number of hydrogen-bond acceptors (Lipinski definition) is 3. The number of benzene rings is 1. The molecule has 2 aromatic heterocycles. The molecule has 1 aliphatic heterocycles. The fraction of sp³-hybridized carbons (Fsp3) is 0.421. The molecule has 0 saturated carbocycles. The van der Waals surface area contributed by atoms with Crippen LogP contribution in [0.25, 0.3) is 10.9 Å². The molecule has 0 bridgehead atoms. The number of piperidine rings is 1. The van der Waals surface area contributed by atoms with Gasteiger partial charge in [-0.2, -0.15) is 5.10 Å². The largest absolute Gasteiger partial charge is 0.337 e. The second kappa shape index (κ2) is 6.35. The molecule has 1 saturated heterocycles. The summed E-state index contributed by atoms with van der Waals surface area (Å²) in [5.74, 6) is 1.17. The first-order valence-corrected chi connectivity index (χ1v) is 8.92. The number of aromatic nitrogens is 4. The topological polar surface area (TPSA) is 66.8 Å². The normalized spacial score (nSPS) is 18.0. The molecule has 25 heavy (non-hydrogen) atoms. The summed E-state index contributed by atoms with van der Waals surface area (Å²) in [6.45, 7) is 5.66. The zero-order valence-corrected chi connectivity index (χ0v) is 14.7. The molecule has 0 radical (unpaired) electrons. The first-order chi connectivity index (χ1) is 12.2. The molecule has 0 aliphatic carbocycles. The van der Waals surface area contributed by atoms with Crippen LogP contribution in [0, 0.1) is 6.92 Å². The number of nitrogens with one attached hydrogen (secondary N) is 1. The predicted octanol–water partition coefficient (Wildman–Crippen LogP) is 3.11. The van der Waals surface area contributed by atoms with Crippen LogP contribution in [0.3, 0.4) is 0 Å². The van der Waals surface area contributed by atoms with Crippen molar-refractivity contribution in [2.75, 3.05) is 13.1 Å². The molecule has 3 aromatic rings. The molecule has 1 fully saturated rings. The Morgan fingerprint density at radius 1 is 1.40 bits per heavy atom. The maximum Gasteiger partial charge on any atom is 0.256 e. The fourth-order valence-electron chi connectivity index (χ4n) is 3.86. The molecule has 1 aliphatic rings. The van der Waals surface area contributed by atoms with Gasteiger partial charge < -0.3 is 9.47 Å². The van der Waals surface area contributed by atoms with E-state index < -0.39 is 0 Å². The molecule has 0 spiro atoms. The molecule has 1 N–H and O–H groups in total. The van der Waals surface area contributed by atoms with E-state index in [0.717, 1.165) is 60.2 Å². The van der Waals surface area contributed by atoms with Crippen LogP contribution < -0.4 is 0 Å². The first kappa shape index (κ1) is 15.9. The molecule has 4 rings (SSSR count). The second-order valence-corrected chi connectivity index (χ2v) is 6.80. The Bertz CT molecular complexity index is 910. The van der Waals surface area contributed by atoms with Crippen molar-refractivity contribution in [1.29, 1.82) is 0 Å². The Morgan fingerprint density at radius 3 is 3.12 bits per heavy atom. The van der Waals surface area contributed by atoms with E-state index in [1.165, 1.54) is 0 Å². The summed E-state index contributed by atoms with van der Waals surface area (Å²) in [4.78, 5) is 19.6. The minimum Gasteiger partial charge on any atom is -0.337 e. The van der Waals surface area contributed by atoms with Crippen molar-refractivity contribution in [3.8, 4) is 0 Å². The molecule has 6 heteroatoms. The first-order valence-electron chi connectivity index (χ1n) is 8.92. The van der Waals surface area contributed by atoms with Crippen LogP contribution in [-0.2, 0) is 6.42 Å². The number of rotatable bonds is 3. The maximum absolute atomic E-state index is 13.2. The second-order valence-electron chi connectivity index (χ2n) is 6.80. The van der Waals surface area contributed by atoms with Gasteiger partial charge in [0.2, 0.25) is 0 Å². The summed E-state index contributed by atoms with van der Waals surface area (Å²) < 4.78 is 2.24. The van der Waals surface area contributed by atoms with E-state index in [9.17, 15) is 4.79 Å². The van der Waals surface area contributed by atoms with E-state index in [4.69, 9.17) is 0 Å². The number of aromatic amines is 1. The highest BCUT2D eigenvalue weighted by Gasteiger charge is 2.27. The highest BCUT2D eigenvalue weighted by Crippen LogP contribution is 2.26. The Kier molecular flexibility index (Phi) is 4.03. The number of likely N-dealkylation sites (tertiary alicyclic amines) is 1. The molecule has 1 amide bonds. The van der Waals surface area contributed by atoms with Crippen LogP contribution in [-0.4, -0.2) is 43.6 Å². The standard InChI is InChI=1S/C19H23N5O/c1-3-17-20-6-8-24(17)15-5-4-7-23(12-15)19(25)16-10-13(2)9-14-11-21-22-18(14)16/h6,8-11,15H,3-5,7,12H2,1-2H3,(H,21,22)/t15-/m0/s1. The summed E-state index contributed by atoms with van der Waals surface area (Å²) in [5, 5.41) is 8.07. The molecule has 1 aromatic carbocycles. The Balaban J connectivity index is 1.62. The van der Waals surface area contributed by atoms with E-state index >= 15 is 0 Å². The lowest BCUT2D eigenvalue weighted by Gasteiger charge is -2.34. The smallest absolute Gasteiger partial charge is 0.256 e. The molecule has 0 unspecified atom stereocenters. The van der Waals surface area contributed by atoms with E-state index in [0.29, 0.717) is 6.04 Å². The zero-order valence-electron chi connectivity index (χ0n) is 14.7. The lowest BCUT2D eigenvalue weighted by molar-refractivity contribution is 0.0679. The van der Waals surface area contributed by atoms with Gasteiger partial charge in [-0.15, -0.1) is 0 Å². The van der Waals surface area contributed by atoms with Crippen LogP contribution in [0.5, 0.6) is 0 Å². The lowest BCUT2D eigenvalue weighted by Crippen LogP contribution is -2.41. The third kappa shape index (κ3) is 2.81. The van der Waals surface area contributed by atoms with Crippen LogP contribution in [0.1, 0.15) is 47.6 Å². The van der Waals surface area contributed by atoms with Gasteiger partial charge in [-0.05, 0) is 37.5 Å². The van der Waals surface area contributed by atoms with Crippen LogP contribution in [0.2, 0.25) is 0 Å². The van der Waals surface area contributed by atoms with Crippen molar-refractivity contribution >= 4 is 16.8 Å². The molecule has 130 valence electrons. The van der Waals surface area contributed by atoms with Gasteiger partial charge in [-0.1, -0.05) is 6.92 Å². The van der Waals surface area contributed by atoms with Gasteiger partial charge in [-0.25, -0.2) is 4.98 Å². The average molecular weight is 337 g/mol. The van der Waals surface area contributed by atoms with Gasteiger partial charge in [-0.3, -0.25) is 9.89 Å². The van der Waals surface area contributed by atoms with Gasteiger partial charge in [0.25, 0.3) is 5.91 Å². The van der Waals surface area contributed by atoms with Gasteiger partial charge >= 0.3 is 0 Å². The summed E-state index contributed by atoms with van der Waals surface area (Å²) in [6.07, 6.45) is 8.67. The number of carbonyl (C=O) groups is 1. The van der Waals surface area contributed by atoms with E-state index in [2.05, 4.69) is 26.7 Å². The summed E-state index contributed by atoms with van der Waals surface area (Å²) in [5.41, 5.74) is 2.62. The highest BCUT2D eigenvalue weighted by molar-refractivity contribution is 6.05. The summed E-state index contributed by atoms with van der Waals surface area (Å²) in [6, 6.07) is 4.31. The van der Waals surface area contributed by atoms with E-state index in [-0.39, 0.29) is 5.91 Å². The Hall–Kier alpha value is -2.63. The zero-order chi connectivity index (χ0) is 17.4. The molecular formula is C19H23N5O. The van der Waals surface area contributed by atoms with Crippen molar-refractivity contribution in [2.24, 2.45) is 0 Å². The summed E-state index contributed by atoms with van der Waals surface area (Å²) in [7, 11) is 0. The maximum atomic E-state index is 13.2. The van der Waals surface area contributed by atoms with Gasteiger partial charge in [0.15, 0.2) is 0 Å². The molecule has 6 nitrogen and oxygen atoms in total. The van der Waals surface area contributed by atoms with E-state index in [1.807, 2.05) is 36.4 Å². The third-order valence-electron chi connectivity index (χ3n) is 5.07. The van der Waals surface area contributed by atoms with Crippen molar-refractivity contribution in [1.82, 2.24) is 24.6 Å². The van der Waals surface area contributed by atoms with Crippen molar-refractivity contribution in [3.05, 3.63) is 47.7 Å². The minimum absolute atomic E-state index is 0.0841.